The second-order valence-corrected chi connectivity index (χ2v) is 7.99. The van der Waals surface area contributed by atoms with Crippen LogP contribution in [0.15, 0.2) is 30.5 Å². The van der Waals surface area contributed by atoms with Gasteiger partial charge in [0.25, 0.3) is 11.8 Å². The van der Waals surface area contributed by atoms with E-state index in [9.17, 15) is 22.4 Å². The van der Waals surface area contributed by atoms with Gasteiger partial charge >= 0.3 is 0 Å². The van der Waals surface area contributed by atoms with Crippen molar-refractivity contribution in [3.05, 3.63) is 58.9 Å². The third-order valence-electron chi connectivity index (χ3n) is 5.53. The van der Waals surface area contributed by atoms with Crippen LogP contribution in [0.25, 0.3) is 16.9 Å². The van der Waals surface area contributed by atoms with E-state index in [0.29, 0.717) is 17.9 Å². The Labute approximate surface area is 176 Å². The summed E-state index contributed by atoms with van der Waals surface area (Å²) in [7, 11) is 1.36. The van der Waals surface area contributed by atoms with E-state index in [0.717, 1.165) is 17.7 Å². The first kappa shape index (κ1) is 21.3. The van der Waals surface area contributed by atoms with Gasteiger partial charge in [-0.25, -0.2) is 22.5 Å². The molecular weight excluding hydrogens is 412 g/mol. The van der Waals surface area contributed by atoms with Gasteiger partial charge in [-0.1, -0.05) is 0 Å². The average molecular weight is 434 g/mol. The number of aromatic nitrogens is 2. The molecule has 1 saturated heterocycles. The lowest BCUT2D eigenvalue weighted by molar-refractivity contribution is -0.0391. The Bertz CT molecular complexity index is 1130. The number of carbonyl (C=O) groups is 1. The number of nitrogens with zero attached hydrogens (tertiary/aromatic N) is 2. The standard InChI is InChI=1S/C22H22F4N4O/c1-12-3-4-30-17(6-13-9-22(25,26)11-28-10-13)20(29-18(30)5-12)19-15(23)7-14(8-16(19)24)21(31)27-2/h3-5,7-8,13,28H,6,9-11H2,1-2H3,(H,27,31). The molecule has 1 atom stereocenters. The predicted molar refractivity (Wildman–Crippen MR) is 108 cm³/mol. The molecule has 164 valence electrons. The zero-order valence-corrected chi connectivity index (χ0v) is 17.1. The van der Waals surface area contributed by atoms with Gasteiger partial charge in [0.2, 0.25) is 0 Å². The molecule has 1 amide bonds. The fourth-order valence-electron chi connectivity index (χ4n) is 4.11. The smallest absolute Gasteiger partial charge is 0.260 e. The molecular formula is C22H22F4N4O. The van der Waals surface area contributed by atoms with E-state index in [2.05, 4.69) is 15.6 Å². The zero-order chi connectivity index (χ0) is 22.3. The lowest BCUT2D eigenvalue weighted by Crippen LogP contribution is -2.44. The molecule has 2 aromatic heterocycles. The highest BCUT2D eigenvalue weighted by molar-refractivity contribution is 5.94. The number of aryl methyl sites for hydroxylation is 1. The highest BCUT2D eigenvalue weighted by atomic mass is 19.3. The van der Waals surface area contributed by atoms with Crippen LogP contribution in [0, 0.1) is 24.5 Å². The van der Waals surface area contributed by atoms with Gasteiger partial charge in [0.1, 0.15) is 17.3 Å². The molecule has 1 aromatic carbocycles. The van der Waals surface area contributed by atoms with Crippen LogP contribution in [0.4, 0.5) is 17.6 Å². The van der Waals surface area contributed by atoms with Gasteiger partial charge in [-0.05, 0) is 55.6 Å². The van der Waals surface area contributed by atoms with Crippen molar-refractivity contribution in [1.29, 1.82) is 0 Å². The summed E-state index contributed by atoms with van der Waals surface area (Å²) in [6, 6.07) is 5.48. The van der Waals surface area contributed by atoms with Crippen LogP contribution in [0.1, 0.15) is 28.0 Å². The minimum atomic E-state index is -2.84. The molecule has 1 aliphatic heterocycles. The number of imidazole rings is 1. The fourth-order valence-corrected chi connectivity index (χ4v) is 4.11. The number of hydrogen-bond donors (Lipinski definition) is 2. The second-order valence-electron chi connectivity index (χ2n) is 7.99. The maximum atomic E-state index is 15.0. The van der Waals surface area contributed by atoms with E-state index in [1.807, 2.05) is 13.0 Å². The molecule has 4 rings (SSSR count). The second kappa shape index (κ2) is 7.96. The van der Waals surface area contributed by atoms with Crippen LogP contribution < -0.4 is 10.6 Å². The number of nitrogens with one attached hydrogen (secondary N) is 2. The molecule has 0 aliphatic carbocycles. The van der Waals surface area contributed by atoms with Gasteiger partial charge in [-0.3, -0.25) is 4.79 Å². The largest absolute Gasteiger partial charge is 0.355 e. The van der Waals surface area contributed by atoms with Gasteiger partial charge in [0, 0.05) is 25.2 Å². The van der Waals surface area contributed by atoms with Crippen LogP contribution in [-0.4, -0.2) is 41.4 Å². The van der Waals surface area contributed by atoms with E-state index in [-0.39, 0.29) is 36.2 Å². The van der Waals surface area contributed by atoms with Crippen LogP contribution in [0.5, 0.6) is 0 Å². The number of benzene rings is 1. The van der Waals surface area contributed by atoms with Crippen molar-refractivity contribution in [1.82, 2.24) is 20.0 Å². The molecule has 0 bridgehead atoms. The van der Waals surface area contributed by atoms with E-state index in [1.165, 1.54) is 7.05 Å². The van der Waals surface area contributed by atoms with Crippen LogP contribution in [-0.2, 0) is 6.42 Å². The molecule has 9 heteroatoms. The molecule has 3 heterocycles. The summed E-state index contributed by atoms with van der Waals surface area (Å²) >= 11 is 0. The van der Waals surface area contributed by atoms with E-state index in [4.69, 9.17) is 0 Å². The van der Waals surface area contributed by atoms with Crippen LogP contribution in [0.3, 0.4) is 0 Å². The maximum absolute atomic E-state index is 15.0. The van der Waals surface area contributed by atoms with Crippen molar-refractivity contribution in [2.24, 2.45) is 5.92 Å². The minimum Gasteiger partial charge on any atom is -0.355 e. The third kappa shape index (κ3) is 4.14. The van der Waals surface area contributed by atoms with Crippen molar-refractivity contribution in [3.63, 3.8) is 0 Å². The van der Waals surface area contributed by atoms with Gasteiger partial charge in [-0.15, -0.1) is 0 Å². The maximum Gasteiger partial charge on any atom is 0.260 e. The predicted octanol–water partition coefficient (Wildman–Crippen LogP) is 3.73. The molecule has 2 N–H and O–H groups in total. The lowest BCUT2D eigenvalue weighted by Gasteiger charge is -2.29. The highest BCUT2D eigenvalue weighted by Crippen LogP contribution is 2.34. The number of alkyl halides is 2. The molecule has 1 fully saturated rings. The molecule has 0 spiro atoms. The van der Waals surface area contributed by atoms with E-state index >= 15 is 0 Å². The number of halogens is 4. The summed E-state index contributed by atoms with van der Waals surface area (Å²) in [5.74, 6) is -5.77. The van der Waals surface area contributed by atoms with Crippen LogP contribution >= 0.6 is 0 Å². The van der Waals surface area contributed by atoms with E-state index in [1.54, 1.807) is 16.7 Å². The minimum absolute atomic E-state index is 0.0537. The number of amides is 1. The molecule has 0 radical (unpaired) electrons. The third-order valence-corrected chi connectivity index (χ3v) is 5.53. The van der Waals surface area contributed by atoms with Crippen molar-refractivity contribution < 1.29 is 22.4 Å². The Morgan fingerprint density at radius 3 is 2.65 bits per heavy atom. The quantitative estimate of drug-likeness (QED) is 0.616. The molecule has 5 nitrogen and oxygen atoms in total. The SMILES string of the molecule is CNC(=O)c1cc(F)c(-c2nc3cc(C)ccn3c2CC2CNCC(F)(F)C2)c(F)c1. The van der Waals surface area contributed by atoms with E-state index < -0.39 is 29.4 Å². The number of pyridine rings is 1. The molecule has 31 heavy (non-hydrogen) atoms. The Morgan fingerprint density at radius 1 is 1.29 bits per heavy atom. The number of piperidine rings is 1. The fraction of sp³-hybridized carbons (Fsp3) is 0.364. The number of hydrogen-bond acceptors (Lipinski definition) is 3. The first-order chi connectivity index (χ1) is 14.7. The average Bonchev–Trinajstić information content (AvgIpc) is 3.03. The number of rotatable bonds is 4. The van der Waals surface area contributed by atoms with Crippen molar-refractivity contribution in [3.8, 4) is 11.3 Å². The molecule has 3 aromatic rings. The first-order valence-corrected chi connectivity index (χ1v) is 9.96. The Balaban J connectivity index is 1.85. The van der Waals surface area contributed by atoms with Gasteiger partial charge in [0.15, 0.2) is 0 Å². The normalized spacial score (nSPS) is 18.3. The monoisotopic (exact) mass is 434 g/mol. The molecule has 1 aliphatic rings. The summed E-state index contributed by atoms with van der Waals surface area (Å²) in [6.07, 6.45) is 1.57. The Hall–Kier alpha value is -2.94. The Morgan fingerprint density at radius 2 is 2.00 bits per heavy atom. The summed E-state index contributed by atoms with van der Waals surface area (Å²) < 4.78 is 59.5. The van der Waals surface area contributed by atoms with Crippen molar-refractivity contribution >= 4 is 11.6 Å². The molecule has 0 saturated carbocycles. The van der Waals surface area contributed by atoms with Crippen molar-refractivity contribution in [2.45, 2.75) is 25.7 Å². The zero-order valence-electron chi connectivity index (χ0n) is 17.1. The highest BCUT2D eigenvalue weighted by Gasteiger charge is 2.37. The Kier molecular flexibility index (Phi) is 5.47. The summed E-state index contributed by atoms with van der Waals surface area (Å²) in [4.78, 5) is 16.2. The topological polar surface area (TPSA) is 58.4 Å². The van der Waals surface area contributed by atoms with Crippen LogP contribution in [0.2, 0.25) is 0 Å². The summed E-state index contributed by atoms with van der Waals surface area (Å²) in [6.45, 7) is 1.85. The van der Waals surface area contributed by atoms with Gasteiger partial charge in [0.05, 0.1) is 23.5 Å². The summed E-state index contributed by atoms with van der Waals surface area (Å²) in [5.41, 5.74) is 1.34. The first-order valence-electron chi connectivity index (χ1n) is 9.96. The number of fused-ring (bicyclic) bond motifs is 1. The lowest BCUT2D eigenvalue weighted by atomic mass is 9.91. The number of carbonyl (C=O) groups excluding carboxylic acids is 1. The van der Waals surface area contributed by atoms with Crippen molar-refractivity contribution in [2.75, 3.05) is 20.1 Å². The summed E-state index contributed by atoms with van der Waals surface area (Å²) in [5, 5.41) is 5.06. The van der Waals surface area contributed by atoms with Gasteiger partial charge < -0.3 is 15.0 Å². The molecule has 1 unspecified atom stereocenters. The van der Waals surface area contributed by atoms with Gasteiger partial charge in [-0.2, -0.15) is 0 Å².